The summed E-state index contributed by atoms with van der Waals surface area (Å²) in [5.74, 6) is 1.15. The Balaban J connectivity index is 1.75. The van der Waals surface area contributed by atoms with Crippen molar-refractivity contribution < 1.29 is 10.2 Å². The number of unbranched alkanes of at least 4 members (excludes halogenated alkanes) is 5. The third kappa shape index (κ3) is 6.21. The number of hydrogen-bond acceptors (Lipinski definition) is 5. The van der Waals surface area contributed by atoms with E-state index in [1.54, 1.807) is 0 Å². The smallest absolute Gasteiger partial charge is 0.168 e. The first kappa shape index (κ1) is 27.3. The Hall–Kier alpha value is -3.73. The molecule has 0 aliphatic carbocycles. The first-order chi connectivity index (χ1) is 18.3. The number of nitrogens with zero attached hydrogens (tertiary/aromatic N) is 3. The molecule has 2 N–H and O–H groups in total. The monoisotopic (exact) mass is 509 g/mol. The van der Waals surface area contributed by atoms with Gasteiger partial charge in [-0.05, 0) is 63.3 Å². The fraction of sp³-hybridized carbons (Fsp3) is 0.364. The maximum absolute atomic E-state index is 11.1. The van der Waals surface area contributed by atoms with Crippen molar-refractivity contribution in [2.24, 2.45) is 0 Å². The van der Waals surface area contributed by atoms with Crippen molar-refractivity contribution >= 4 is 0 Å². The molecule has 1 aromatic heterocycles. The van der Waals surface area contributed by atoms with Crippen LogP contribution < -0.4 is 0 Å². The van der Waals surface area contributed by atoms with Gasteiger partial charge in [-0.2, -0.15) is 0 Å². The second-order valence-corrected chi connectivity index (χ2v) is 10.4. The van der Waals surface area contributed by atoms with Gasteiger partial charge in [0.05, 0.1) is 5.56 Å². The molecule has 0 bridgehead atoms. The summed E-state index contributed by atoms with van der Waals surface area (Å²) in [6.45, 7) is 10.4. The van der Waals surface area contributed by atoms with E-state index in [2.05, 4.69) is 32.9 Å². The van der Waals surface area contributed by atoms with E-state index in [0.29, 0.717) is 23.0 Å². The number of benzene rings is 3. The van der Waals surface area contributed by atoms with Crippen molar-refractivity contribution in [2.75, 3.05) is 0 Å². The van der Waals surface area contributed by atoms with Gasteiger partial charge in [-0.1, -0.05) is 92.6 Å². The second kappa shape index (κ2) is 12.2. The first-order valence-corrected chi connectivity index (χ1v) is 13.7. The minimum absolute atomic E-state index is 0.0856. The molecule has 5 nitrogen and oxygen atoms in total. The van der Waals surface area contributed by atoms with Gasteiger partial charge in [0.15, 0.2) is 29.0 Å². The van der Waals surface area contributed by atoms with E-state index in [1.807, 2.05) is 50.2 Å². The molecule has 4 aromatic rings. The molecule has 0 fully saturated rings. The fourth-order valence-electron chi connectivity index (χ4n) is 4.97. The fourth-order valence-corrected chi connectivity index (χ4v) is 4.97. The Labute approximate surface area is 226 Å². The number of phenols is 2. The Morgan fingerprint density at radius 2 is 1.03 bits per heavy atom. The summed E-state index contributed by atoms with van der Waals surface area (Å²) < 4.78 is 0. The summed E-state index contributed by atoms with van der Waals surface area (Å²) in [6, 6.07) is 16.0. The highest BCUT2D eigenvalue weighted by atomic mass is 16.3. The molecule has 4 rings (SSSR count). The molecule has 0 unspecified atom stereocenters. The number of aryl methyl sites for hydroxylation is 5. The Morgan fingerprint density at radius 3 is 1.55 bits per heavy atom. The lowest BCUT2D eigenvalue weighted by molar-refractivity contribution is 0.399. The number of rotatable bonds is 10. The quantitative estimate of drug-likeness (QED) is 0.166. The molecule has 3 aromatic carbocycles. The van der Waals surface area contributed by atoms with Gasteiger partial charge in [0, 0.05) is 11.1 Å². The van der Waals surface area contributed by atoms with Crippen molar-refractivity contribution in [1.29, 1.82) is 0 Å². The Morgan fingerprint density at radius 1 is 0.553 bits per heavy atom. The van der Waals surface area contributed by atoms with Crippen LogP contribution in [0.4, 0.5) is 0 Å². The lowest BCUT2D eigenvalue weighted by atomic mass is 10.0. The number of aromatic nitrogens is 3. The zero-order valence-corrected chi connectivity index (χ0v) is 23.3. The van der Waals surface area contributed by atoms with E-state index in [4.69, 9.17) is 15.0 Å². The van der Waals surface area contributed by atoms with Crippen molar-refractivity contribution in [3.63, 3.8) is 0 Å². The largest absolute Gasteiger partial charge is 0.504 e. The predicted octanol–water partition coefficient (Wildman–Crippen LogP) is 8.42. The average Bonchev–Trinajstić information content (AvgIpc) is 2.88. The summed E-state index contributed by atoms with van der Waals surface area (Å²) in [7, 11) is 0. The van der Waals surface area contributed by atoms with Crippen LogP contribution in [0, 0.1) is 27.7 Å². The van der Waals surface area contributed by atoms with Crippen LogP contribution in [0.15, 0.2) is 48.5 Å². The highest BCUT2D eigenvalue weighted by Gasteiger charge is 2.19. The lowest BCUT2D eigenvalue weighted by Gasteiger charge is -2.14. The average molecular weight is 510 g/mol. The molecular weight excluding hydrogens is 470 g/mol. The molecular formula is C33H39N3O2. The van der Waals surface area contributed by atoms with Crippen molar-refractivity contribution in [1.82, 2.24) is 15.0 Å². The van der Waals surface area contributed by atoms with Crippen LogP contribution in [-0.2, 0) is 6.42 Å². The van der Waals surface area contributed by atoms with E-state index in [1.165, 1.54) is 36.8 Å². The molecule has 0 saturated carbocycles. The van der Waals surface area contributed by atoms with Gasteiger partial charge >= 0.3 is 0 Å². The van der Waals surface area contributed by atoms with Gasteiger partial charge in [-0.25, -0.2) is 15.0 Å². The van der Waals surface area contributed by atoms with Crippen molar-refractivity contribution in [3.05, 3.63) is 76.3 Å². The summed E-state index contributed by atoms with van der Waals surface area (Å²) in [6.07, 6.45) is 7.77. The first-order valence-electron chi connectivity index (χ1n) is 13.7. The Bertz CT molecular complexity index is 1360. The van der Waals surface area contributed by atoms with Crippen LogP contribution in [0.5, 0.6) is 11.5 Å². The van der Waals surface area contributed by atoms with E-state index in [9.17, 15) is 10.2 Å². The molecule has 1 heterocycles. The van der Waals surface area contributed by atoms with Crippen LogP contribution in [0.3, 0.4) is 0 Å². The van der Waals surface area contributed by atoms with Gasteiger partial charge in [-0.3, -0.25) is 0 Å². The Kier molecular flexibility index (Phi) is 8.77. The topological polar surface area (TPSA) is 79.1 Å². The lowest BCUT2D eigenvalue weighted by Crippen LogP contribution is -2.02. The van der Waals surface area contributed by atoms with Crippen LogP contribution >= 0.6 is 0 Å². The maximum Gasteiger partial charge on any atom is 0.168 e. The van der Waals surface area contributed by atoms with Crippen LogP contribution in [-0.4, -0.2) is 25.2 Å². The molecule has 0 aliphatic rings. The zero-order chi connectivity index (χ0) is 27.2. The minimum atomic E-state index is -0.183. The molecule has 38 heavy (non-hydrogen) atoms. The molecule has 198 valence electrons. The van der Waals surface area contributed by atoms with Gasteiger partial charge in [0.1, 0.15) is 0 Å². The van der Waals surface area contributed by atoms with Crippen molar-refractivity contribution in [3.8, 4) is 45.7 Å². The van der Waals surface area contributed by atoms with Gasteiger partial charge in [-0.15, -0.1) is 0 Å². The molecule has 0 saturated heterocycles. The number of hydrogen-bond donors (Lipinski definition) is 2. The summed E-state index contributed by atoms with van der Waals surface area (Å²) in [5, 5.41) is 21.9. The SMILES string of the molecule is CCCCCCCCc1ccc(-c2nc(-c3ccc(C)cc3C)nc(-c3ccc(C)cc3C)n2)c(O)c1O. The molecule has 0 spiro atoms. The molecule has 0 radical (unpaired) electrons. The minimum Gasteiger partial charge on any atom is -0.504 e. The van der Waals surface area contributed by atoms with E-state index in [-0.39, 0.29) is 11.5 Å². The van der Waals surface area contributed by atoms with Crippen molar-refractivity contribution in [2.45, 2.75) is 79.6 Å². The third-order valence-electron chi connectivity index (χ3n) is 7.16. The highest BCUT2D eigenvalue weighted by Crippen LogP contribution is 2.39. The standard InChI is InChI=1S/C33H39N3O2/c1-6-7-8-9-10-11-12-25-15-18-28(30(38)29(25)37)33-35-31(26-16-13-21(2)19-23(26)4)34-32(36-33)27-17-14-22(3)20-24(27)5/h13-20,37-38H,6-12H2,1-5H3. The molecule has 0 amide bonds. The summed E-state index contributed by atoms with van der Waals surface area (Å²) in [5.41, 5.74) is 7.43. The highest BCUT2D eigenvalue weighted by molar-refractivity contribution is 5.74. The van der Waals surface area contributed by atoms with Crippen LogP contribution in [0.2, 0.25) is 0 Å². The van der Waals surface area contributed by atoms with Gasteiger partial charge < -0.3 is 10.2 Å². The normalized spacial score (nSPS) is 11.2. The maximum atomic E-state index is 11.1. The number of aromatic hydroxyl groups is 2. The predicted molar refractivity (Wildman–Crippen MR) is 155 cm³/mol. The van der Waals surface area contributed by atoms with Gasteiger partial charge in [0.25, 0.3) is 0 Å². The molecule has 0 atom stereocenters. The van der Waals surface area contributed by atoms with E-state index >= 15 is 0 Å². The van der Waals surface area contributed by atoms with Crippen LogP contribution in [0.25, 0.3) is 34.2 Å². The molecule has 5 heteroatoms. The van der Waals surface area contributed by atoms with E-state index in [0.717, 1.165) is 47.1 Å². The molecule has 0 aliphatic heterocycles. The second-order valence-electron chi connectivity index (χ2n) is 10.4. The van der Waals surface area contributed by atoms with E-state index < -0.39 is 0 Å². The zero-order valence-electron chi connectivity index (χ0n) is 23.3. The number of phenolic OH excluding ortho intramolecular Hbond substituents is 2. The summed E-state index contributed by atoms with van der Waals surface area (Å²) in [4.78, 5) is 14.4. The third-order valence-corrected chi connectivity index (χ3v) is 7.16. The van der Waals surface area contributed by atoms with Crippen LogP contribution in [0.1, 0.15) is 73.3 Å². The summed E-state index contributed by atoms with van der Waals surface area (Å²) >= 11 is 0. The van der Waals surface area contributed by atoms with Gasteiger partial charge in [0.2, 0.25) is 0 Å².